The van der Waals surface area contributed by atoms with Crippen molar-refractivity contribution in [1.29, 1.82) is 0 Å². The number of carbonyl (C=O) groups excluding carboxylic acids is 1. The molecule has 2 aromatic carbocycles. The maximum Gasteiger partial charge on any atom is 0.266 e. The highest BCUT2D eigenvalue weighted by molar-refractivity contribution is 5.94. The molecule has 3 aromatic rings. The van der Waals surface area contributed by atoms with E-state index >= 15 is 0 Å². The van der Waals surface area contributed by atoms with Gasteiger partial charge in [-0.2, -0.15) is 0 Å². The van der Waals surface area contributed by atoms with E-state index in [1.165, 1.54) is 18.4 Å². The average Bonchev–Trinajstić information content (AvgIpc) is 3.62. The number of aromatic nitrogens is 1. The van der Waals surface area contributed by atoms with Crippen LogP contribution in [0.25, 0.3) is 0 Å². The number of nitrogens with one attached hydrogen (secondary N) is 1. The lowest BCUT2D eigenvalue weighted by Gasteiger charge is -2.22. The number of para-hydroxylation sites is 1. The maximum atomic E-state index is 13.4. The second-order valence-electron chi connectivity index (χ2n) is 9.71. The minimum Gasteiger partial charge on any atom is -0.483 e. The van der Waals surface area contributed by atoms with Crippen molar-refractivity contribution in [3.8, 4) is 11.5 Å². The van der Waals surface area contributed by atoms with E-state index in [0.29, 0.717) is 23.9 Å². The number of carbonyl (C=O) groups is 1. The minimum absolute atomic E-state index is 0.222. The van der Waals surface area contributed by atoms with E-state index in [4.69, 9.17) is 9.47 Å². The van der Waals surface area contributed by atoms with Crippen LogP contribution in [-0.2, 0) is 17.6 Å². The number of amides is 1. The van der Waals surface area contributed by atoms with Gasteiger partial charge in [-0.1, -0.05) is 62.4 Å². The molecule has 0 bridgehead atoms. The van der Waals surface area contributed by atoms with Crippen molar-refractivity contribution in [1.82, 2.24) is 4.98 Å². The van der Waals surface area contributed by atoms with E-state index in [2.05, 4.69) is 36.3 Å². The van der Waals surface area contributed by atoms with Crippen LogP contribution in [0.2, 0.25) is 0 Å². The first-order valence-corrected chi connectivity index (χ1v) is 12.7. The Morgan fingerprint density at radius 2 is 1.83 bits per heavy atom. The Kier molecular flexibility index (Phi) is 7.44. The molecule has 1 aromatic heterocycles. The average molecular weight is 473 g/mol. The molecule has 1 N–H and O–H groups in total. The fraction of sp³-hybridized carbons (Fsp3) is 0.400. The van der Waals surface area contributed by atoms with Crippen molar-refractivity contribution in [3.05, 3.63) is 83.0 Å². The lowest BCUT2D eigenvalue weighted by atomic mass is 10.0. The summed E-state index contributed by atoms with van der Waals surface area (Å²) in [5.41, 5.74) is 4.10. The van der Waals surface area contributed by atoms with Crippen LogP contribution in [0.4, 0.5) is 5.82 Å². The zero-order chi connectivity index (χ0) is 25.0. The molecule has 0 spiro atoms. The van der Waals surface area contributed by atoms with Gasteiger partial charge in [0.25, 0.3) is 5.91 Å². The molecular weight excluding hydrogens is 436 g/mol. The van der Waals surface area contributed by atoms with E-state index < -0.39 is 6.10 Å². The van der Waals surface area contributed by atoms with Crippen molar-refractivity contribution >= 4 is 11.7 Å². The molecule has 35 heavy (non-hydrogen) atoms. The van der Waals surface area contributed by atoms with Crippen LogP contribution in [0.1, 0.15) is 68.8 Å². The van der Waals surface area contributed by atoms with Crippen LogP contribution in [0, 0.1) is 6.92 Å². The summed E-state index contributed by atoms with van der Waals surface area (Å²) in [6.45, 7) is 10.1. The van der Waals surface area contributed by atoms with Gasteiger partial charge in [-0.3, -0.25) is 4.79 Å². The number of pyridine rings is 1. The third-order valence-corrected chi connectivity index (χ3v) is 6.28. The standard InChI is InChI=1S/C28H30N2O3.C2H6/c1-18-22(20-12-13-20)14-15-25(29-18)30-27(31)24(16-19-8-5-4-6-9-19)32-23-11-7-10-21-17-28(2,3)33-26(21)23;1-2/h4-11,14-15,20,24H,12-13,16-17H2,1-3H3,(H,29,30,31);1-2H3. The number of hydrogen-bond acceptors (Lipinski definition) is 4. The normalized spacial score (nSPS) is 16.3. The van der Waals surface area contributed by atoms with Gasteiger partial charge in [0.05, 0.1) is 0 Å². The molecule has 1 fully saturated rings. The van der Waals surface area contributed by atoms with Crippen molar-refractivity contribution in [3.63, 3.8) is 0 Å². The lowest BCUT2D eigenvalue weighted by Crippen LogP contribution is -2.35. The maximum absolute atomic E-state index is 13.4. The number of ether oxygens (including phenoxy) is 2. The molecule has 0 radical (unpaired) electrons. The van der Waals surface area contributed by atoms with E-state index in [0.717, 1.165) is 29.0 Å². The van der Waals surface area contributed by atoms with Crippen LogP contribution < -0.4 is 14.8 Å². The van der Waals surface area contributed by atoms with Crippen LogP contribution in [0.15, 0.2) is 60.7 Å². The second kappa shape index (κ2) is 10.5. The summed E-state index contributed by atoms with van der Waals surface area (Å²) >= 11 is 0. The Morgan fingerprint density at radius 1 is 1.09 bits per heavy atom. The number of nitrogens with zero attached hydrogens (tertiary/aromatic N) is 1. The van der Waals surface area contributed by atoms with Crippen molar-refractivity contribution in [2.75, 3.05) is 5.32 Å². The molecule has 2 aliphatic rings. The van der Waals surface area contributed by atoms with Crippen LogP contribution >= 0.6 is 0 Å². The zero-order valence-electron chi connectivity index (χ0n) is 21.4. The smallest absolute Gasteiger partial charge is 0.266 e. The van der Waals surface area contributed by atoms with Gasteiger partial charge in [-0.15, -0.1) is 0 Å². The van der Waals surface area contributed by atoms with Gasteiger partial charge in [0, 0.05) is 24.1 Å². The summed E-state index contributed by atoms with van der Waals surface area (Å²) < 4.78 is 12.5. The van der Waals surface area contributed by atoms with Crippen LogP contribution in [0.5, 0.6) is 11.5 Å². The van der Waals surface area contributed by atoms with Crippen LogP contribution in [-0.4, -0.2) is 22.6 Å². The van der Waals surface area contributed by atoms with Gasteiger partial charge in [-0.25, -0.2) is 4.98 Å². The molecule has 1 aliphatic heterocycles. The largest absolute Gasteiger partial charge is 0.483 e. The Hall–Kier alpha value is -3.34. The first-order chi connectivity index (χ1) is 16.9. The molecule has 1 aliphatic carbocycles. The lowest BCUT2D eigenvalue weighted by molar-refractivity contribution is -0.122. The SMILES string of the molecule is CC.Cc1nc(NC(=O)C(Cc2ccccc2)Oc2cccc3c2OC(C)(C)C3)ccc1C1CC1. The van der Waals surface area contributed by atoms with Crippen molar-refractivity contribution < 1.29 is 14.3 Å². The molecule has 5 heteroatoms. The van der Waals surface area contributed by atoms with Gasteiger partial charge >= 0.3 is 0 Å². The zero-order valence-corrected chi connectivity index (χ0v) is 21.4. The van der Waals surface area contributed by atoms with Crippen LogP contribution in [0.3, 0.4) is 0 Å². The highest BCUT2D eigenvalue weighted by atomic mass is 16.5. The fourth-order valence-electron chi connectivity index (χ4n) is 4.52. The number of rotatable bonds is 7. The molecule has 1 unspecified atom stereocenters. The van der Waals surface area contributed by atoms with E-state index in [-0.39, 0.29) is 11.5 Å². The van der Waals surface area contributed by atoms with Gasteiger partial charge in [0.2, 0.25) is 0 Å². The Morgan fingerprint density at radius 3 is 2.51 bits per heavy atom. The molecule has 5 nitrogen and oxygen atoms in total. The molecule has 1 atom stereocenters. The van der Waals surface area contributed by atoms with Crippen molar-refractivity contribution in [2.24, 2.45) is 0 Å². The van der Waals surface area contributed by atoms with Crippen molar-refractivity contribution in [2.45, 2.75) is 77.9 Å². The topological polar surface area (TPSA) is 60.5 Å². The number of hydrogen-bond donors (Lipinski definition) is 1. The van der Waals surface area contributed by atoms with E-state index in [1.807, 2.05) is 69.3 Å². The molecule has 5 rings (SSSR count). The van der Waals surface area contributed by atoms with Gasteiger partial charge in [0.15, 0.2) is 17.6 Å². The Balaban J connectivity index is 0.00000141. The summed E-state index contributed by atoms with van der Waals surface area (Å²) in [5, 5.41) is 2.98. The predicted octanol–water partition coefficient (Wildman–Crippen LogP) is 6.64. The Labute approximate surface area is 208 Å². The number of anilines is 1. The van der Waals surface area contributed by atoms with Gasteiger partial charge in [-0.05, 0) is 62.8 Å². The molecule has 1 saturated carbocycles. The molecule has 184 valence electrons. The number of aryl methyl sites for hydroxylation is 1. The molecule has 0 saturated heterocycles. The van der Waals surface area contributed by atoms with E-state index in [9.17, 15) is 4.79 Å². The van der Waals surface area contributed by atoms with E-state index in [1.54, 1.807) is 0 Å². The fourth-order valence-corrected chi connectivity index (χ4v) is 4.52. The van der Waals surface area contributed by atoms with Gasteiger partial charge in [0.1, 0.15) is 11.4 Å². The first kappa shape index (κ1) is 24.8. The highest BCUT2D eigenvalue weighted by Crippen LogP contribution is 2.43. The van der Waals surface area contributed by atoms with Gasteiger partial charge < -0.3 is 14.8 Å². The summed E-state index contributed by atoms with van der Waals surface area (Å²) in [5.74, 6) is 2.29. The molecule has 1 amide bonds. The predicted molar refractivity (Wildman–Crippen MR) is 140 cm³/mol. The summed E-state index contributed by atoms with van der Waals surface area (Å²) in [6.07, 6.45) is 2.98. The number of fused-ring (bicyclic) bond motifs is 1. The Bertz CT molecular complexity index is 1170. The second-order valence-corrected chi connectivity index (χ2v) is 9.71. The first-order valence-electron chi connectivity index (χ1n) is 12.7. The summed E-state index contributed by atoms with van der Waals surface area (Å²) in [7, 11) is 0. The molecular formula is C30H36N2O3. The third kappa shape index (κ3) is 6.02. The monoisotopic (exact) mass is 472 g/mol. The quantitative estimate of drug-likeness (QED) is 0.419. The third-order valence-electron chi connectivity index (χ3n) is 6.28. The summed E-state index contributed by atoms with van der Waals surface area (Å²) in [6, 6.07) is 19.8. The highest BCUT2D eigenvalue weighted by Gasteiger charge is 2.34. The molecule has 2 heterocycles. The number of benzene rings is 2. The summed E-state index contributed by atoms with van der Waals surface area (Å²) in [4.78, 5) is 18.0. The minimum atomic E-state index is -0.726.